The predicted molar refractivity (Wildman–Crippen MR) is 85.7 cm³/mol. The van der Waals surface area contributed by atoms with E-state index in [1.165, 1.54) is 10.6 Å². The molecule has 1 aliphatic heterocycles. The molecule has 1 amide bonds. The van der Waals surface area contributed by atoms with Crippen LogP contribution in [0.25, 0.3) is 0 Å². The number of para-hydroxylation sites is 1. The van der Waals surface area contributed by atoms with Crippen LogP contribution in [0.4, 0.5) is 10.1 Å². The number of rotatable bonds is 3. The van der Waals surface area contributed by atoms with Crippen LogP contribution in [0.3, 0.4) is 0 Å². The average Bonchev–Trinajstić information content (AvgIpc) is 2.54. The lowest BCUT2D eigenvalue weighted by Crippen LogP contribution is -2.40. The number of benzene rings is 1. The van der Waals surface area contributed by atoms with Crippen molar-refractivity contribution in [1.82, 2.24) is 9.47 Å². The van der Waals surface area contributed by atoms with Gasteiger partial charge in [-0.25, -0.2) is 4.39 Å². The highest BCUT2D eigenvalue weighted by molar-refractivity contribution is 5.81. The number of aromatic nitrogens is 1. The van der Waals surface area contributed by atoms with E-state index in [1.807, 2.05) is 0 Å². The summed E-state index contributed by atoms with van der Waals surface area (Å²) in [7, 11) is 1.70. The SMILES string of the molecule is Cn1cc2c(cc1=O)CCN(C(=O)CNc1ccccc1F)C2. The molecule has 0 bridgehead atoms. The average molecular weight is 315 g/mol. The van der Waals surface area contributed by atoms with E-state index in [0.717, 1.165) is 11.1 Å². The number of hydrogen-bond donors (Lipinski definition) is 1. The van der Waals surface area contributed by atoms with E-state index in [9.17, 15) is 14.0 Å². The van der Waals surface area contributed by atoms with Gasteiger partial charge < -0.3 is 14.8 Å². The van der Waals surface area contributed by atoms with Gasteiger partial charge in [-0.3, -0.25) is 9.59 Å². The molecule has 0 fully saturated rings. The van der Waals surface area contributed by atoms with Crippen molar-refractivity contribution < 1.29 is 9.18 Å². The van der Waals surface area contributed by atoms with E-state index in [1.54, 1.807) is 42.4 Å². The molecule has 0 spiro atoms. The summed E-state index contributed by atoms with van der Waals surface area (Å²) in [5.41, 5.74) is 2.27. The molecule has 1 aromatic heterocycles. The fraction of sp³-hybridized carbons (Fsp3) is 0.294. The molecule has 0 saturated carbocycles. The van der Waals surface area contributed by atoms with E-state index in [2.05, 4.69) is 5.32 Å². The Morgan fingerprint density at radius 2 is 2.09 bits per heavy atom. The molecule has 1 aliphatic rings. The van der Waals surface area contributed by atoms with Gasteiger partial charge in [-0.05, 0) is 29.7 Å². The lowest BCUT2D eigenvalue weighted by Gasteiger charge is -2.29. The van der Waals surface area contributed by atoms with Crippen molar-refractivity contribution in [2.75, 3.05) is 18.4 Å². The minimum atomic E-state index is -0.376. The van der Waals surface area contributed by atoms with Gasteiger partial charge in [0.2, 0.25) is 5.91 Å². The van der Waals surface area contributed by atoms with Crippen molar-refractivity contribution in [2.45, 2.75) is 13.0 Å². The van der Waals surface area contributed by atoms with Crippen molar-refractivity contribution in [3.63, 3.8) is 0 Å². The van der Waals surface area contributed by atoms with Gasteiger partial charge in [-0.1, -0.05) is 12.1 Å². The molecule has 5 nitrogen and oxygen atoms in total. The maximum atomic E-state index is 13.5. The number of aryl methyl sites for hydroxylation is 1. The molecule has 3 rings (SSSR count). The third-order valence-electron chi connectivity index (χ3n) is 4.08. The number of hydrogen-bond acceptors (Lipinski definition) is 3. The zero-order valence-corrected chi connectivity index (χ0v) is 12.9. The number of fused-ring (bicyclic) bond motifs is 1. The van der Waals surface area contributed by atoms with Crippen molar-refractivity contribution in [3.8, 4) is 0 Å². The summed E-state index contributed by atoms with van der Waals surface area (Å²) in [6.07, 6.45) is 2.44. The standard InChI is InChI=1S/C17H18FN3O2/c1-20-10-13-11-21(7-6-12(13)8-16(20)22)17(23)9-19-15-5-3-2-4-14(15)18/h2-5,8,10,19H,6-7,9,11H2,1H3. The Balaban J connectivity index is 1.66. The van der Waals surface area contributed by atoms with Crippen LogP contribution in [0.5, 0.6) is 0 Å². The van der Waals surface area contributed by atoms with Gasteiger partial charge in [0.15, 0.2) is 0 Å². The van der Waals surface area contributed by atoms with Gasteiger partial charge in [-0.15, -0.1) is 0 Å². The van der Waals surface area contributed by atoms with Crippen LogP contribution >= 0.6 is 0 Å². The quantitative estimate of drug-likeness (QED) is 0.934. The minimum absolute atomic E-state index is 0.0373. The Kier molecular flexibility index (Phi) is 4.14. The molecule has 0 aliphatic carbocycles. The first kappa shape index (κ1) is 15.3. The number of halogens is 1. The molecular weight excluding hydrogens is 297 g/mol. The van der Waals surface area contributed by atoms with Crippen LogP contribution in [0.15, 0.2) is 41.3 Å². The van der Waals surface area contributed by atoms with Gasteiger partial charge in [0.25, 0.3) is 5.56 Å². The van der Waals surface area contributed by atoms with Gasteiger partial charge in [-0.2, -0.15) is 0 Å². The maximum Gasteiger partial charge on any atom is 0.250 e. The lowest BCUT2D eigenvalue weighted by molar-refractivity contribution is -0.130. The summed E-state index contributed by atoms with van der Waals surface area (Å²) in [6, 6.07) is 7.91. The van der Waals surface area contributed by atoms with Gasteiger partial charge >= 0.3 is 0 Å². The molecular formula is C17H18FN3O2. The lowest BCUT2D eigenvalue weighted by atomic mass is 10.0. The highest BCUT2D eigenvalue weighted by Crippen LogP contribution is 2.17. The Morgan fingerprint density at radius 1 is 1.30 bits per heavy atom. The Labute approximate surface area is 133 Å². The molecule has 0 radical (unpaired) electrons. The Hall–Kier alpha value is -2.63. The summed E-state index contributed by atoms with van der Waals surface area (Å²) in [5, 5.41) is 2.83. The monoisotopic (exact) mass is 315 g/mol. The first-order valence-electron chi connectivity index (χ1n) is 7.49. The molecule has 2 heterocycles. The molecule has 23 heavy (non-hydrogen) atoms. The van der Waals surface area contributed by atoms with E-state index < -0.39 is 0 Å². The van der Waals surface area contributed by atoms with Crippen molar-refractivity contribution in [1.29, 1.82) is 0 Å². The molecule has 0 atom stereocenters. The zero-order valence-electron chi connectivity index (χ0n) is 12.9. The number of amides is 1. The van der Waals surface area contributed by atoms with Crippen LogP contribution in [0, 0.1) is 5.82 Å². The number of anilines is 1. The second-order valence-corrected chi connectivity index (χ2v) is 5.67. The Bertz CT molecular complexity index is 801. The number of carbonyl (C=O) groups is 1. The zero-order chi connectivity index (χ0) is 16.4. The normalized spacial score (nSPS) is 13.6. The number of carbonyl (C=O) groups excluding carboxylic acids is 1. The minimum Gasteiger partial charge on any atom is -0.374 e. The molecule has 1 aromatic carbocycles. The van der Waals surface area contributed by atoms with E-state index >= 15 is 0 Å². The van der Waals surface area contributed by atoms with Crippen LogP contribution in [0.1, 0.15) is 11.1 Å². The highest BCUT2D eigenvalue weighted by atomic mass is 19.1. The number of nitrogens with zero attached hydrogens (tertiary/aromatic N) is 2. The highest BCUT2D eigenvalue weighted by Gasteiger charge is 2.21. The van der Waals surface area contributed by atoms with Crippen molar-refractivity contribution in [2.24, 2.45) is 7.05 Å². The smallest absolute Gasteiger partial charge is 0.250 e. The number of nitrogens with one attached hydrogen (secondary N) is 1. The molecule has 0 unspecified atom stereocenters. The third-order valence-corrected chi connectivity index (χ3v) is 4.08. The first-order valence-corrected chi connectivity index (χ1v) is 7.49. The van der Waals surface area contributed by atoms with E-state index in [-0.39, 0.29) is 23.8 Å². The van der Waals surface area contributed by atoms with Gasteiger partial charge in [0.1, 0.15) is 5.82 Å². The van der Waals surface area contributed by atoms with E-state index in [4.69, 9.17) is 0 Å². The second-order valence-electron chi connectivity index (χ2n) is 5.67. The second kappa shape index (κ2) is 6.24. The summed E-state index contributed by atoms with van der Waals surface area (Å²) < 4.78 is 15.1. The first-order chi connectivity index (χ1) is 11.0. The van der Waals surface area contributed by atoms with Crippen LogP contribution in [-0.4, -0.2) is 28.5 Å². The summed E-state index contributed by atoms with van der Waals surface area (Å²) in [6.45, 7) is 1.08. The van der Waals surface area contributed by atoms with Crippen molar-refractivity contribution in [3.05, 3.63) is 63.8 Å². The molecule has 2 aromatic rings. The van der Waals surface area contributed by atoms with Crippen LogP contribution in [0.2, 0.25) is 0 Å². The van der Waals surface area contributed by atoms with E-state index in [0.29, 0.717) is 25.2 Å². The number of pyridine rings is 1. The predicted octanol–water partition coefficient (Wildman–Crippen LogP) is 1.52. The maximum absolute atomic E-state index is 13.5. The molecule has 6 heteroatoms. The van der Waals surface area contributed by atoms with Crippen LogP contribution < -0.4 is 10.9 Å². The summed E-state index contributed by atoms with van der Waals surface area (Å²) in [5.74, 6) is -0.466. The van der Waals surface area contributed by atoms with Gasteiger partial charge in [0, 0.05) is 32.4 Å². The summed E-state index contributed by atoms with van der Waals surface area (Å²) >= 11 is 0. The Morgan fingerprint density at radius 3 is 2.87 bits per heavy atom. The van der Waals surface area contributed by atoms with Crippen LogP contribution in [-0.2, 0) is 24.8 Å². The fourth-order valence-corrected chi connectivity index (χ4v) is 2.74. The topological polar surface area (TPSA) is 54.3 Å². The fourth-order valence-electron chi connectivity index (χ4n) is 2.74. The molecule has 1 N–H and O–H groups in total. The largest absolute Gasteiger partial charge is 0.374 e. The third kappa shape index (κ3) is 3.26. The molecule has 0 saturated heterocycles. The molecule has 120 valence electrons. The van der Waals surface area contributed by atoms with Crippen molar-refractivity contribution >= 4 is 11.6 Å². The van der Waals surface area contributed by atoms with Gasteiger partial charge in [0.05, 0.1) is 12.2 Å². The summed E-state index contributed by atoms with van der Waals surface area (Å²) in [4.78, 5) is 25.7.